The molecule has 0 bridgehead atoms. The first kappa shape index (κ1) is 20.4. The minimum Gasteiger partial charge on any atom is -0.341 e. The fourth-order valence-corrected chi connectivity index (χ4v) is 6.15. The topological polar surface area (TPSA) is 40.3 Å². The number of aliphatic imine (C=N–C) groups is 1. The number of nitrogens with zero attached hydrogens (tertiary/aromatic N) is 4. The Bertz CT molecular complexity index is 858. The Kier molecular flexibility index (Phi) is 6.32. The van der Waals surface area contributed by atoms with Crippen LogP contribution in [0.1, 0.15) is 13.8 Å². The lowest BCUT2D eigenvalue weighted by Crippen LogP contribution is -2.34. The molecule has 0 saturated carbocycles. The Morgan fingerprint density at radius 1 is 0.852 bits per heavy atom. The number of halogens is 3. The zero-order valence-corrected chi connectivity index (χ0v) is 18.2. The third-order valence-electron chi connectivity index (χ3n) is 4.21. The first-order valence-electron chi connectivity index (χ1n) is 8.65. The molecule has 1 heterocycles. The third kappa shape index (κ3) is 4.25. The van der Waals surface area contributed by atoms with Crippen molar-refractivity contribution in [2.24, 2.45) is 14.5 Å². The maximum Gasteiger partial charge on any atom is 0.250 e. The number of hydrogen-bond donors (Lipinski definition) is 0. The van der Waals surface area contributed by atoms with Gasteiger partial charge in [0.15, 0.2) is 5.84 Å². The lowest BCUT2D eigenvalue weighted by Gasteiger charge is -2.30. The minimum absolute atomic E-state index is 0.172. The molecule has 142 valence electrons. The Balaban J connectivity index is 2.37. The number of benzene rings is 2. The van der Waals surface area contributed by atoms with Crippen molar-refractivity contribution in [2.45, 2.75) is 17.6 Å². The number of hydrogen-bond acceptors (Lipinski definition) is 4. The van der Waals surface area contributed by atoms with Gasteiger partial charge in [0, 0.05) is 23.7 Å². The second-order valence-corrected chi connectivity index (χ2v) is 10.8. The molecule has 8 heteroatoms. The van der Waals surface area contributed by atoms with E-state index in [-0.39, 0.29) is 5.84 Å². The van der Waals surface area contributed by atoms with E-state index in [0.717, 1.165) is 23.7 Å². The van der Waals surface area contributed by atoms with Crippen LogP contribution >= 0.6 is 42.0 Å². The molecule has 0 fully saturated rings. The van der Waals surface area contributed by atoms with Gasteiger partial charge in [-0.1, -0.05) is 95.5 Å². The van der Waals surface area contributed by atoms with Gasteiger partial charge in [-0.3, -0.25) is 0 Å². The van der Waals surface area contributed by atoms with Gasteiger partial charge >= 0.3 is 0 Å². The van der Waals surface area contributed by atoms with Crippen molar-refractivity contribution in [1.29, 1.82) is 0 Å². The van der Waals surface area contributed by atoms with Crippen LogP contribution in [-0.4, -0.2) is 33.6 Å². The maximum absolute atomic E-state index is 6.22. The van der Waals surface area contributed by atoms with Gasteiger partial charge in [0.1, 0.15) is 7.21 Å². The Labute approximate surface area is 175 Å². The molecule has 27 heavy (non-hydrogen) atoms. The monoisotopic (exact) mass is 440 g/mol. The van der Waals surface area contributed by atoms with Crippen LogP contribution in [0.15, 0.2) is 75.2 Å². The molecule has 1 aliphatic rings. The van der Waals surface area contributed by atoms with E-state index in [0.29, 0.717) is 5.96 Å². The standard InChI is InChI=1S/C19H20Cl3N4P/c1-3-26(4-2)18-23-17(19(20,21)22)24-27(25-18,15-11-7-5-8-12-15)16-13-9-6-10-14-16/h5-14H,3-4H2,1-2H3. The molecule has 0 radical (unpaired) electrons. The second kappa shape index (κ2) is 8.36. The molecule has 0 aliphatic carbocycles. The van der Waals surface area contributed by atoms with Crippen molar-refractivity contribution in [2.75, 3.05) is 13.1 Å². The Hall–Kier alpha value is -1.32. The third-order valence-corrected chi connectivity index (χ3v) is 7.70. The summed E-state index contributed by atoms with van der Waals surface area (Å²) < 4.78 is 8.23. The lowest BCUT2D eigenvalue weighted by atomic mass is 10.4. The van der Waals surface area contributed by atoms with E-state index < -0.39 is 11.0 Å². The molecule has 1 aliphatic heterocycles. The molecule has 0 amide bonds. The van der Waals surface area contributed by atoms with Crippen LogP contribution in [0.2, 0.25) is 0 Å². The van der Waals surface area contributed by atoms with Crippen LogP contribution in [0.25, 0.3) is 0 Å². The van der Waals surface area contributed by atoms with Crippen LogP contribution < -0.4 is 10.6 Å². The van der Waals surface area contributed by atoms with Crippen molar-refractivity contribution in [3.63, 3.8) is 0 Å². The molecular weight excluding hydrogens is 422 g/mol. The van der Waals surface area contributed by atoms with Gasteiger partial charge in [0.05, 0.1) is 0 Å². The highest BCUT2D eigenvalue weighted by atomic mass is 35.6. The van der Waals surface area contributed by atoms with Crippen molar-refractivity contribution in [1.82, 2.24) is 4.90 Å². The molecule has 0 spiro atoms. The number of amidine groups is 1. The van der Waals surface area contributed by atoms with E-state index in [1.807, 2.05) is 79.4 Å². The Morgan fingerprint density at radius 3 is 1.74 bits per heavy atom. The summed E-state index contributed by atoms with van der Waals surface area (Å²) in [5.74, 6) is 0.725. The summed E-state index contributed by atoms with van der Waals surface area (Å²) >= 11 is 18.7. The Morgan fingerprint density at radius 2 is 1.33 bits per heavy atom. The molecule has 0 atom stereocenters. The van der Waals surface area contributed by atoms with Gasteiger partial charge in [-0.15, -0.1) is 0 Å². The first-order chi connectivity index (χ1) is 12.9. The molecule has 0 unspecified atom stereocenters. The summed E-state index contributed by atoms with van der Waals surface area (Å²) in [5, 5.41) is 1.98. The van der Waals surface area contributed by atoms with Crippen molar-refractivity contribution >= 4 is 64.4 Å². The minimum atomic E-state index is -2.60. The summed E-state index contributed by atoms with van der Waals surface area (Å²) in [6, 6.07) is 19.9. The SMILES string of the molecule is CCN(CC)C1=NC(C(Cl)(Cl)Cl)=NP(c2ccccc2)(c2ccccc2)=N1. The smallest absolute Gasteiger partial charge is 0.250 e. The maximum atomic E-state index is 6.22. The van der Waals surface area contributed by atoms with Crippen molar-refractivity contribution in [3.8, 4) is 0 Å². The van der Waals surface area contributed by atoms with Crippen molar-refractivity contribution in [3.05, 3.63) is 60.7 Å². The van der Waals surface area contributed by atoms with Crippen LogP contribution in [0.4, 0.5) is 0 Å². The highest BCUT2D eigenvalue weighted by Gasteiger charge is 2.37. The predicted molar refractivity (Wildman–Crippen MR) is 120 cm³/mol. The fraction of sp³-hybridized carbons (Fsp3) is 0.263. The fourth-order valence-electron chi connectivity index (χ4n) is 2.84. The molecule has 0 saturated heterocycles. The zero-order valence-electron chi connectivity index (χ0n) is 15.1. The van der Waals surface area contributed by atoms with E-state index in [2.05, 4.69) is 4.99 Å². The van der Waals surface area contributed by atoms with Crippen molar-refractivity contribution < 1.29 is 0 Å². The summed E-state index contributed by atoms with van der Waals surface area (Å²) in [6.45, 7) is 5.59. The molecule has 2 aromatic carbocycles. The molecule has 0 N–H and O–H groups in total. The molecule has 3 rings (SSSR count). The van der Waals surface area contributed by atoms with Gasteiger partial charge in [-0.25, -0.2) is 9.51 Å². The van der Waals surface area contributed by atoms with E-state index in [4.69, 9.17) is 44.3 Å². The van der Waals surface area contributed by atoms with Crippen LogP contribution in [0, 0.1) is 0 Å². The summed E-state index contributed by atoms with van der Waals surface area (Å²) in [5.41, 5.74) is 0. The predicted octanol–water partition coefficient (Wildman–Crippen LogP) is 5.23. The van der Waals surface area contributed by atoms with Gasteiger partial charge in [-0.05, 0) is 13.8 Å². The average molecular weight is 442 g/mol. The quantitative estimate of drug-likeness (QED) is 0.473. The molecule has 4 nitrogen and oxygen atoms in total. The van der Waals surface area contributed by atoms with Crippen LogP contribution in [-0.2, 0) is 0 Å². The van der Waals surface area contributed by atoms with Crippen LogP contribution in [0.5, 0.6) is 0 Å². The van der Waals surface area contributed by atoms with E-state index in [1.165, 1.54) is 0 Å². The van der Waals surface area contributed by atoms with Crippen LogP contribution in [0.3, 0.4) is 0 Å². The molecule has 2 aromatic rings. The molecule has 0 aromatic heterocycles. The van der Waals surface area contributed by atoms with E-state index in [1.54, 1.807) is 0 Å². The summed E-state index contributed by atoms with van der Waals surface area (Å²) in [6.07, 6.45) is 0. The van der Waals surface area contributed by atoms with E-state index >= 15 is 0 Å². The lowest BCUT2D eigenvalue weighted by molar-refractivity contribution is 0.461. The largest absolute Gasteiger partial charge is 0.341 e. The number of rotatable bonds is 4. The highest BCUT2D eigenvalue weighted by molar-refractivity contribution is 7.80. The van der Waals surface area contributed by atoms with Gasteiger partial charge in [0.25, 0.3) is 0 Å². The zero-order chi connectivity index (χ0) is 19.5. The summed E-state index contributed by atoms with van der Waals surface area (Å²) in [4.78, 5) is 6.55. The number of alkyl halides is 3. The van der Waals surface area contributed by atoms with Gasteiger partial charge in [-0.2, -0.15) is 4.99 Å². The van der Waals surface area contributed by atoms with E-state index in [9.17, 15) is 0 Å². The second-order valence-electron chi connectivity index (χ2n) is 5.88. The first-order valence-corrected chi connectivity index (χ1v) is 11.5. The average Bonchev–Trinajstić information content (AvgIpc) is 2.69. The molecular formula is C19H20Cl3N4P. The number of guanidine groups is 1. The summed E-state index contributed by atoms with van der Waals surface area (Å²) in [7, 11) is -2.60. The normalized spacial score (nSPS) is 16.2. The van der Waals surface area contributed by atoms with Gasteiger partial charge in [0.2, 0.25) is 9.75 Å². The van der Waals surface area contributed by atoms with Gasteiger partial charge < -0.3 is 4.90 Å². The highest BCUT2D eigenvalue weighted by Crippen LogP contribution is 2.52.